The van der Waals surface area contributed by atoms with Crippen LogP contribution in [0.1, 0.15) is 39.5 Å². The maximum atomic E-state index is 11.0. The van der Waals surface area contributed by atoms with Gasteiger partial charge in [0.05, 0.1) is 11.8 Å². The van der Waals surface area contributed by atoms with Crippen molar-refractivity contribution in [2.45, 2.75) is 39.5 Å². The number of carbonyl (C=O) groups is 2. The van der Waals surface area contributed by atoms with Crippen LogP contribution in [0.5, 0.6) is 0 Å². The van der Waals surface area contributed by atoms with Gasteiger partial charge in [0.15, 0.2) is 0 Å². The highest BCUT2D eigenvalue weighted by Crippen LogP contribution is 2.46. The molecule has 1 saturated carbocycles. The van der Waals surface area contributed by atoms with Crippen LogP contribution in [-0.2, 0) is 9.59 Å². The van der Waals surface area contributed by atoms with Crippen molar-refractivity contribution in [3.05, 3.63) is 0 Å². The maximum absolute atomic E-state index is 11.0. The van der Waals surface area contributed by atoms with Crippen LogP contribution in [0.4, 0.5) is 0 Å². The van der Waals surface area contributed by atoms with Crippen LogP contribution >= 0.6 is 0 Å². The molecule has 0 aromatic carbocycles. The van der Waals surface area contributed by atoms with Crippen molar-refractivity contribution in [3.8, 4) is 0 Å². The van der Waals surface area contributed by atoms with Gasteiger partial charge in [0.1, 0.15) is 0 Å². The number of carboxylic acid groups (broad SMARTS) is 2. The standard InChI is InChI=1S/C12H20O4/c1-7(2)4-3-5-8(11(13)14)9-6-10(9)12(15)16/h7-10H,3-6H2,1-2H3,(H,13,14)(H,15,16). The van der Waals surface area contributed by atoms with Gasteiger partial charge in [-0.1, -0.05) is 26.7 Å². The van der Waals surface area contributed by atoms with E-state index in [1.54, 1.807) is 0 Å². The number of rotatable bonds is 7. The molecule has 0 aromatic rings. The Bertz CT molecular complexity index is 272. The Balaban J connectivity index is 2.38. The Labute approximate surface area is 95.7 Å². The molecule has 1 rings (SSSR count). The molecule has 0 bridgehead atoms. The molecule has 0 aromatic heterocycles. The van der Waals surface area contributed by atoms with E-state index in [1.165, 1.54) is 0 Å². The highest BCUT2D eigenvalue weighted by atomic mass is 16.4. The van der Waals surface area contributed by atoms with Gasteiger partial charge < -0.3 is 10.2 Å². The second kappa shape index (κ2) is 5.32. The van der Waals surface area contributed by atoms with Gasteiger partial charge in [-0.2, -0.15) is 0 Å². The average molecular weight is 228 g/mol. The second-order valence-electron chi connectivity index (χ2n) is 5.11. The van der Waals surface area contributed by atoms with Gasteiger partial charge in [0.2, 0.25) is 0 Å². The van der Waals surface area contributed by atoms with Crippen LogP contribution in [0.25, 0.3) is 0 Å². The fourth-order valence-corrected chi connectivity index (χ4v) is 2.21. The summed E-state index contributed by atoms with van der Waals surface area (Å²) in [7, 11) is 0. The highest BCUT2D eigenvalue weighted by molar-refractivity contribution is 5.77. The summed E-state index contributed by atoms with van der Waals surface area (Å²) in [5.41, 5.74) is 0. The number of aliphatic carboxylic acids is 2. The van der Waals surface area contributed by atoms with Gasteiger partial charge in [-0.05, 0) is 24.7 Å². The molecule has 0 aliphatic heterocycles. The molecule has 3 unspecified atom stereocenters. The Kier molecular flexibility index (Phi) is 4.33. The molecule has 1 fully saturated rings. The molecule has 0 radical (unpaired) electrons. The largest absolute Gasteiger partial charge is 0.481 e. The lowest BCUT2D eigenvalue weighted by Crippen LogP contribution is -2.18. The lowest BCUT2D eigenvalue weighted by molar-refractivity contribution is -0.143. The van der Waals surface area contributed by atoms with Crippen molar-refractivity contribution in [2.24, 2.45) is 23.7 Å². The first kappa shape index (κ1) is 13.0. The lowest BCUT2D eigenvalue weighted by Gasteiger charge is -2.12. The van der Waals surface area contributed by atoms with Crippen LogP contribution in [-0.4, -0.2) is 22.2 Å². The first-order valence-electron chi connectivity index (χ1n) is 5.89. The second-order valence-corrected chi connectivity index (χ2v) is 5.11. The van der Waals surface area contributed by atoms with Crippen molar-refractivity contribution >= 4 is 11.9 Å². The summed E-state index contributed by atoms with van der Waals surface area (Å²) in [5.74, 6) is -2.12. The zero-order chi connectivity index (χ0) is 12.3. The Hall–Kier alpha value is -1.06. The number of hydrogen-bond donors (Lipinski definition) is 2. The molecule has 4 nitrogen and oxygen atoms in total. The molecule has 3 atom stereocenters. The smallest absolute Gasteiger partial charge is 0.306 e. The van der Waals surface area contributed by atoms with E-state index in [0.29, 0.717) is 18.8 Å². The van der Waals surface area contributed by atoms with Crippen molar-refractivity contribution in [1.29, 1.82) is 0 Å². The topological polar surface area (TPSA) is 74.6 Å². The normalized spacial score (nSPS) is 25.4. The minimum atomic E-state index is -0.847. The lowest BCUT2D eigenvalue weighted by atomic mass is 9.93. The first-order chi connectivity index (χ1) is 7.43. The van der Waals surface area contributed by atoms with Gasteiger partial charge in [-0.15, -0.1) is 0 Å². The Morgan fingerprint density at radius 1 is 1.25 bits per heavy atom. The fourth-order valence-electron chi connectivity index (χ4n) is 2.21. The summed E-state index contributed by atoms with van der Waals surface area (Å²) in [6.07, 6.45) is 3.03. The van der Waals surface area contributed by atoms with Crippen LogP contribution in [0.2, 0.25) is 0 Å². The van der Waals surface area contributed by atoms with Crippen LogP contribution in [0.3, 0.4) is 0 Å². The molecule has 0 heterocycles. The van der Waals surface area contributed by atoms with Gasteiger partial charge in [0.25, 0.3) is 0 Å². The zero-order valence-corrected chi connectivity index (χ0v) is 9.85. The highest BCUT2D eigenvalue weighted by Gasteiger charge is 2.50. The van der Waals surface area contributed by atoms with E-state index >= 15 is 0 Å². The molecule has 92 valence electrons. The SMILES string of the molecule is CC(C)CCCC(C(=O)O)C1CC1C(=O)O. The molecule has 0 spiro atoms. The van der Waals surface area contributed by atoms with Crippen LogP contribution < -0.4 is 0 Å². The molecule has 0 amide bonds. The van der Waals surface area contributed by atoms with Crippen molar-refractivity contribution < 1.29 is 19.8 Å². The Morgan fingerprint density at radius 2 is 1.88 bits per heavy atom. The van der Waals surface area contributed by atoms with Gasteiger partial charge >= 0.3 is 11.9 Å². The predicted octanol–water partition coefficient (Wildman–Crippen LogP) is 2.23. The van der Waals surface area contributed by atoms with Gasteiger partial charge in [-0.3, -0.25) is 9.59 Å². The molecule has 1 aliphatic rings. The monoisotopic (exact) mass is 228 g/mol. The molecular weight excluding hydrogens is 208 g/mol. The molecule has 4 heteroatoms. The fraction of sp³-hybridized carbons (Fsp3) is 0.833. The molecule has 2 N–H and O–H groups in total. The van der Waals surface area contributed by atoms with E-state index in [4.69, 9.17) is 10.2 Å². The summed E-state index contributed by atoms with van der Waals surface area (Å²) in [5, 5.41) is 17.8. The van der Waals surface area contributed by atoms with E-state index in [2.05, 4.69) is 13.8 Å². The summed E-state index contributed by atoms with van der Waals surface area (Å²) in [4.78, 5) is 21.7. The Morgan fingerprint density at radius 3 is 2.25 bits per heavy atom. The molecule has 0 saturated heterocycles. The third-order valence-electron chi connectivity index (χ3n) is 3.29. The molecule has 1 aliphatic carbocycles. The van der Waals surface area contributed by atoms with E-state index < -0.39 is 23.8 Å². The minimum absolute atomic E-state index is 0.137. The van der Waals surface area contributed by atoms with E-state index in [0.717, 1.165) is 12.8 Å². The first-order valence-corrected chi connectivity index (χ1v) is 5.89. The third kappa shape index (κ3) is 3.51. The van der Waals surface area contributed by atoms with Crippen molar-refractivity contribution in [1.82, 2.24) is 0 Å². The van der Waals surface area contributed by atoms with Gasteiger partial charge in [-0.25, -0.2) is 0 Å². The summed E-state index contributed by atoms with van der Waals surface area (Å²) >= 11 is 0. The summed E-state index contributed by atoms with van der Waals surface area (Å²) in [6.45, 7) is 4.21. The molecular formula is C12H20O4. The zero-order valence-electron chi connectivity index (χ0n) is 9.85. The van der Waals surface area contributed by atoms with E-state index in [9.17, 15) is 9.59 Å². The quantitative estimate of drug-likeness (QED) is 0.700. The van der Waals surface area contributed by atoms with Gasteiger partial charge in [0, 0.05) is 0 Å². The third-order valence-corrected chi connectivity index (χ3v) is 3.29. The van der Waals surface area contributed by atoms with E-state index in [-0.39, 0.29) is 5.92 Å². The number of carboxylic acids is 2. The summed E-state index contributed by atoms with van der Waals surface area (Å²) in [6, 6.07) is 0. The average Bonchev–Trinajstić information content (AvgIpc) is 2.90. The predicted molar refractivity (Wildman–Crippen MR) is 59.0 cm³/mol. The van der Waals surface area contributed by atoms with E-state index in [1.807, 2.05) is 0 Å². The van der Waals surface area contributed by atoms with Crippen LogP contribution in [0, 0.1) is 23.7 Å². The number of hydrogen-bond acceptors (Lipinski definition) is 2. The van der Waals surface area contributed by atoms with Crippen LogP contribution in [0.15, 0.2) is 0 Å². The minimum Gasteiger partial charge on any atom is -0.481 e. The maximum Gasteiger partial charge on any atom is 0.306 e. The molecule has 16 heavy (non-hydrogen) atoms. The van der Waals surface area contributed by atoms with Crippen molar-refractivity contribution in [3.63, 3.8) is 0 Å². The van der Waals surface area contributed by atoms with Crippen molar-refractivity contribution in [2.75, 3.05) is 0 Å². The summed E-state index contributed by atoms with van der Waals surface area (Å²) < 4.78 is 0.